The summed E-state index contributed by atoms with van der Waals surface area (Å²) in [7, 11) is 1.63. The second-order valence-corrected chi connectivity index (χ2v) is 9.27. The highest BCUT2D eigenvalue weighted by Crippen LogP contribution is 2.27. The van der Waals surface area contributed by atoms with Gasteiger partial charge in [-0.1, -0.05) is 44.7 Å². The molecule has 1 saturated heterocycles. The first-order valence-electron chi connectivity index (χ1n) is 10.0. The van der Waals surface area contributed by atoms with Gasteiger partial charge in [-0.2, -0.15) is 4.98 Å². The maximum atomic E-state index is 5.15. The van der Waals surface area contributed by atoms with Crippen LogP contribution < -0.4 is 9.64 Å². The summed E-state index contributed by atoms with van der Waals surface area (Å²) < 4.78 is 5.15. The van der Waals surface area contributed by atoms with Gasteiger partial charge in [-0.25, -0.2) is 4.98 Å². The zero-order valence-corrected chi connectivity index (χ0v) is 18.3. The average molecular weight is 401 g/mol. The molecular weight excluding hydrogens is 368 g/mol. The molecule has 0 bridgehead atoms. The molecule has 3 rings (SSSR count). The lowest BCUT2D eigenvalue weighted by Crippen LogP contribution is -2.46. The predicted molar refractivity (Wildman–Crippen MR) is 118 cm³/mol. The number of anilines is 1. The molecule has 2 heterocycles. The molecule has 0 N–H and O–H groups in total. The fourth-order valence-corrected chi connectivity index (χ4v) is 4.10. The van der Waals surface area contributed by atoms with E-state index in [9.17, 15) is 0 Å². The fourth-order valence-electron chi connectivity index (χ4n) is 3.36. The first-order valence-corrected chi connectivity index (χ1v) is 11.0. The number of benzene rings is 1. The van der Waals surface area contributed by atoms with E-state index in [4.69, 9.17) is 4.74 Å². The van der Waals surface area contributed by atoms with Crippen LogP contribution in [0.2, 0.25) is 0 Å². The lowest BCUT2D eigenvalue weighted by atomic mass is 9.87. The van der Waals surface area contributed by atoms with Crippen LogP contribution in [0.4, 0.5) is 5.69 Å². The molecule has 0 spiro atoms. The summed E-state index contributed by atoms with van der Waals surface area (Å²) in [5.41, 5.74) is 2.96. The third kappa shape index (κ3) is 5.85. The first-order chi connectivity index (χ1) is 13.5. The zero-order valence-electron chi connectivity index (χ0n) is 17.5. The normalized spacial score (nSPS) is 15.6. The molecule has 2 aromatic rings. The molecule has 1 aliphatic heterocycles. The van der Waals surface area contributed by atoms with Gasteiger partial charge in [0, 0.05) is 49.9 Å². The van der Waals surface area contributed by atoms with E-state index in [1.807, 2.05) is 0 Å². The van der Waals surface area contributed by atoms with Gasteiger partial charge in [-0.15, -0.1) is 0 Å². The van der Waals surface area contributed by atoms with Crippen LogP contribution in [-0.4, -0.2) is 60.5 Å². The maximum absolute atomic E-state index is 5.15. The predicted octanol–water partition coefficient (Wildman–Crippen LogP) is 4.09. The van der Waals surface area contributed by atoms with Crippen molar-refractivity contribution in [2.24, 2.45) is 0 Å². The van der Waals surface area contributed by atoms with Crippen molar-refractivity contribution in [2.45, 2.75) is 37.8 Å². The van der Waals surface area contributed by atoms with Crippen molar-refractivity contribution in [3.63, 3.8) is 0 Å². The van der Waals surface area contributed by atoms with Crippen LogP contribution in [0.15, 0.2) is 41.7 Å². The summed E-state index contributed by atoms with van der Waals surface area (Å²) in [4.78, 5) is 13.7. The number of ether oxygens (including phenoxy) is 1. The largest absolute Gasteiger partial charge is 0.481 e. The van der Waals surface area contributed by atoms with Gasteiger partial charge in [0.25, 0.3) is 0 Å². The summed E-state index contributed by atoms with van der Waals surface area (Å²) in [5.74, 6) is 1.66. The molecule has 6 heteroatoms. The standard InChI is InChI=1S/C22H32N4OS/c1-22(2,3)18-7-5-8-19(17-18)26-14-12-25(13-15-26)11-6-16-28-21-23-10-9-20(24-21)27-4/h5,7-10,17H,6,11-16H2,1-4H3. The Labute approximate surface area is 173 Å². The van der Waals surface area contributed by atoms with Gasteiger partial charge in [0.1, 0.15) is 0 Å². The highest BCUT2D eigenvalue weighted by molar-refractivity contribution is 7.99. The van der Waals surface area contributed by atoms with Gasteiger partial charge in [0.2, 0.25) is 5.88 Å². The van der Waals surface area contributed by atoms with Crippen LogP contribution in [0.25, 0.3) is 0 Å². The van der Waals surface area contributed by atoms with Crippen LogP contribution in [0.1, 0.15) is 32.8 Å². The molecule has 1 aromatic heterocycles. The number of rotatable bonds is 7. The van der Waals surface area contributed by atoms with E-state index in [2.05, 4.69) is 64.8 Å². The Morgan fingerprint density at radius 1 is 1.11 bits per heavy atom. The van der Waals surface area contributed by atoms with Gasteiger partial charge < -0.3 is 9.64 Å². The molecule has 1 fully saturated rings. The number of hydrogen-bond acceptors (Lipinski definition) is 6. The van der Waals surface area contributed by atoms with Gasteiger partial charge in [-0.05, 0) is 36.1 Å². The Morgan fingerprint density at radius 2 is 1.89 bits per heavy atom. The molecule has 0 radical (unpaired) electrons. The Balaban J connectivity index is 1.41. The Morgan fingerprint density at radius 3 is 2.61 bits per heavy atom. The summed E-state index contributed by atoms with van der Waals surface area (Å²) >= 11 is 1.70. The van der Waals surface area contributed by atoms with Crippen molar-refractivity contribution in [3.05, 3.63) is 42.1 Å². The average Bonchev–Trinajstić information content (AvgIpc) is 2.71. The number of hydrogen-bond donors (Lipinski definition) is 0. The van der Waals surface area contributed by atoms with Gasteiger partial charge in [0.05, 0.1) is 7.11 Å². The van der Waals surface area contributed by atoms with Crippen molar-refractivity contribution in [1.82, 2.24) is 14.9 Å². The second-order valence-electron chi connectivity index (χ2n) is 8.21. The minimum Gasteiger partial charge on any atom is -0.481 e. The van der Waals surface area contributed by atoms with E-state index in [1.54, 1.807) is 31.1 Å². The number of piperazine rings is 1. The van der Waals surface area contributed by atoms with E-state index in [1.165, 1.54) is 11.3 Å². The third-order valence-electron chi connectivity index (χ3n) is 5.12. The van der Waals surface area contributed by atoms with Crippen molar-refractivity contribution in [2.75, 3.05) is 50.5 Å². The molecular formula is C22H32N4OS. The summed E-state index contributed by atoms with van der Waals surface area (Å²) in [6.45, 7) is 12.4. The van der Waals surface area contributed by atoms with Crippen molar-refractivity contribution >= 4 is 17.4 Å². The van der Waals surface area contributed by atoms with Crippen molar-refractivity contribution in [1.29, 1.82) is 0 Å². The zero-order chi connectivity index (χ0) is 20.0. The number of methoxy groups -OCH3 is 1. The number of aromatic nitrogens is 2. The van der Waals surface area contributed by atoms with Gasteiger partial charge in [0.15, 0.2) is 5.16 Å². The summed E-state index contributed by atoms with van der Waals surface area (Å²) in [6.07, 6.45) is 2.90. The molecule has 0 amide bonds. The Bertz CT molecular complexity index is 754. The molecule has 1 aromatic carbocycles. The molecule has 0 unspecified atom stereocenters. The fraction of sp³-hybridized carbons (Fsp3) is 0.545. The van der Waals surface area contributed by atoms with Crippen LogP contribution in [-0.2, 0) is 5.41 Å². The minimum atomic E-state index is 0.196. The van der Waals surface area contributed by atoms with E-state index in [0.29, 0.717) is 5.88 Å². The van der Waals surface area contributed by atoms with Crippen molar-refractivity contribution < 1.29 is 4.74 Å². The monoisotopic (exact) mass is 400 g/mol. The van der Waals surface area contributed by atoms with E-state index < -0.39 is 0 Å². The van der Waals surface area contributed by atoms with E-state index in [-0.39, 0.29) is 5.41 Å². The smallest absolute Gasteiger partial charge is 0.216 e. The minimum absolute atomic E-state index is 0.196. The van der Waals surface area contributed by atoms with Crippen LogP contribution in [0.3, 0.4) is 0 Å². The molecule has 28 heavy (non-hydrogen) atoms. The summed E-state index contributed by atoms with van der Waals surface area (Å²) in [6, 6.07) is 10.8. The van der Waals surface area contributed by atoms with Crippen LogP contribution in [0, 0.1) is 0 Å². The maximum Gasteiger partial charge on any atom is 0.216 e. The molecule has 5 nitrogen and oxygen atoms in total. The number of thioether (sulfide) groups is 1. The highest BCUT2D eigenvalue weighted by atomic mass is 32.2. The highest BCUT2D eigenvalue weighted by Gasteiger charge is 2.19. The molecule has 0 atom stereocenters. The topological polar surface area (TPSA) is 41.5 Å². The molecule has 152 valence electrons. The molecule has 0 aliphatic carbocycles. The lowest BCUT2D eigenvalue weighted by Gasteiger charge is -2.36. The van der Waals surface area contributed by atoms with Crippen LogP contribution >= 0.6 is 11.8 Å². The summed E-state index contributed by atoms with van der Waals surface area (Å²) in [5, 5.41) is 0.794. The Hall–Kier alpha value is -1.79. The molecule has 0 saturated carbocycles. The van der Waals surface area contributed by atoms with E-state index >= 15 is 0 Å². The molecule has 1 aliphatic rings. The lowest BCUT2D eigenvalue weighted by molar-refractivity contribution is 0.259. The van der Waals surface area contributed by atoms with E-state index in [0.717, 1.165) is 50.1 Å². The Kier molecular flexibility index (Phi) is 7.18. The van der Waals surface area contributed by atoms with Gasteiger partial charge in [-0.3, -0.25) is 4.90 Å². The quantitative estimate of drug-likeness (QED) is 0.396. The third-order valence-corrected chi connectivity index (χ3v) is 6.06. The SMILES string of the molecule is COc1ccnc(SCCCN2CCN(c3cccc(C(C)(C)C)c3)CC2)n1. The second kappa shape index (κ2) is 9.61. The van der Waals surface area contributed by atoms with Crippen molar-refractivity contribution in [3.8, 4) is 5.88 Å². The van der Waals surface area contributed by atoms with Gasteiger partial charge >= 0.3 is 0 Å². The van der Waals surface area contributed by atoms with Crippen LogP contribution in [0.5, 0.6) is 5.88 Å². The number of nitrogens with zero attached hydrogens (tertiary/aromatic N) is 4. The first kappa shape index (κ1) is 20.9.